The summed E-state index contributed by atoms with van der Waals surface area (Å²) in [6, 6.07) is 17.5. The first-order chi connectivity index (χ1) is 15.1. The third-order valence-electron chi connectivity index (χ3n) is 7.19. The normalized spacial score (nSPS) is 22.2. The fourth-order valence-electron chi connectivity index (χ4n) is 5.38. The Bertz CT molecular complexity index is 882. The molecule has 1 amide bonds. The van der Waals surface area contributed by atoms with Gasteiger partial charge in [0.05, 0.1) is 0 Å². The maximum Gasteiger partial charge on any atom is 0.412 e. The van der Waals surface area contributed by atoms with Crippen LogP contribution in [0.15, 0.2) is 48.5 Å². The van der Waals surface area contributed by atoms with Crippen LogP contribution in [0, 0.1) is 0 Å². The van der Waals surface area contributed by atoms with Crippen LogP contribution in [0.1, 0.15) is 69.1 Å². The maximum atomic E-state index is 12.2. The Morgan fingerprint density at radius 2 is 1.94 bits per heavy atom. The van der Waals surface area contributed by atoms with Gasteiger partial charge in [0.1, 0.15) is 5.75 Å². The van der Waals surface area contributed by atoms with E-state index in [9.17, 15) is 4.79 Å². The molecule has 4 rings (SSSR count). The summed E-state index contributed by atoms with van der Waals surface area (Å²) in [6.45, 7) is 7.38. The lowest BCUT2D eigenvalue weighted by molar-refractivity contribution is 0.200. The first-order valence-electron chi connectivity index (χ1n) is 12.0. The monoisotopic (exact) mass is 420 g/mol. The third kappa shape index (κ3) is 4.95. The molecule has 1 saturated heterocycles. The smallest absolute Gasteiger partial charge is 0.410 e. The van der Waals surface area contributed by atoms with Gasteiger partial charge < -0.3 is 10.1 Å². The Morgan fingerprint density at radius 1 is 1.13 bits per heavy atom. The minimum Gasteiger partial charge on any atom is -0.410 e. The fourth-order valence-corrected chi connectivity index (χ4v) is 5.38. The van der Waals surface area contributed by atoms with Crippen LogP contribution in [-0.4, -0.2) is 30.1 Å². The number of hydrogen-bond acceptors (Lipinski definition) is 3. The lowest BCUT2D eigenvalue weighted by Crippen LogP contribution is -2.37. The molecule has 166 valence electrons. The van der Waals surface area contributed by atoms with E-state index >= 15 is 0 Å². The molecular weight excluding hydrogens is 384 g/mol. The Kier molecular flexibility index (Phi) is 6.96. The summed E-state index contributed by atoms with van der Waals surface area (Å²) in [5, 5.41) is 2.90. The van der Waals surface area contributed by atoms with Crippen molar-refractivity contribution in [3.63, 3.8) is 0 Å². The van der Waals surface area contributed by atoms with Crippen LogP contribution in [0.2, 0.25) is 0 Å². The number of amides is 1. The number of nitrogens with zero attached hydrogens (tertiary/aromatic N) is 1. The van der Waals surface area contributed by atoms with E-state index in [4.69, 9.17) is 4.74 Å². The highest BCUT2D eigenvalue weighted by Crippen LogP contribution is 2.49. The highest BCUT2D eigenvalue weighted by Gasteiger charge is 2.50. The molecule has 2 aromatic carbocycles. The largest absolute Gasteiger partial charge is 0.412 e. The van der Waals surface area contributed by atoms with Gasteiger partial charge in [-0.2, -0.15) is 0 Å². The zero-order valence-electron chi connectivity index (χ0n) is 19.0. The van der Waals surface area contributed by atoms with Crippen LogP contribution < -0.4 is 10.1 Å². The van der Waals surface area contributed by atoms with E-state index in [1.54, 1.807) is 0 Å². The van der Waals surface area contributed by atoms with Gasteiger partial charge in [-0.05, 0) is 54.6 Å². The van der Waals surface area contributed by atoms with Gasteiger partial charge >= 0.3 is 6.09 Å². The predicted octanol–water partition coefficient (Wildman–Crippen LogP) is 5.83. The summed E-state index contributed by atoms with van der Waals surface area (Å²) in [4.78, 5) is 14.8. The number of nitrogens with one attached hydrogen (secondary N) is 1. The van der Waals surface area contributed by atoms with Crippen molar-refractivity contribution in [3.05, 3.63) is 65.2 Å². The van der Waals surface area contributed by atoms with Crippen molar-refractivity contribution >= 4 is 6.09 Å². The van der Waals surface area contributed by atoms with Crippen LogP contribution in [0.4, 0.5) is 4.79 Å². The Balaban J connectivity index is 1.35. The van der Waals surface area contributed by atoms with Crippen LogP contribution in [0.3, 0.4) is 0 Å². The number of unbranched alkanes of at least 4 members (excludes halogenated alkanes) is 4. The number of ether oxygens (including phenoxy) is 1. The van der Waals surface area contributed by atoms with E-state index in [1.807, 2.05) is 6.07 Å². The predicted molar refractivity (Wildman–Crippen MR) is 126 cm³/mol. The number of likely N-dealkylation sites (tertiary alicyclic amines) is 1. The second-order valence-electron chi connectivity index (χ2n) is 9.39. The van der Waals surface area contributed by atoms with Gasteiger partial charge in [0.25, 0.3) is 0 Å². The molecule has 0 aromatic heterocycles. The lowest BCUT2D eigenvalue weighted by atomic mass is 9.80. The molecule has 31 heavy (non-hydrogen) atoms. The highest BCUT2D eigenvalue weighted by atomic mass is 16.6. The zero-order chi connectivity index (χ0) is 21.7. The van der Waals surface area contributed by atoms with Gasteiger partial charge in [0.2, 0.25) is 0 Å². The van der Waals surface area contributed by atoms with Crippen molar-refractivity contribution in [1.29, 1.82) is 0 Å². The van der Waals surface area contributed by atoms with Gasteiger partial charge in [-0.25, -0.2) is 4.79 Å². The van der Waals surface area contributed by atoms with Crippen molar-refractivity contribution in [3.8, 4) is 5.75 Å². The molecule has 4 heteroatoms. The van der Waals surface area contributed by atoms with Gasteiger partial charge in [0.15, 0.2) is 0 Å². The molecule has 1 aliphatic heterocycles. The minimum atomic E-state index is -0.340. The SMILES string of the molecule is CCCCCCCNC(=O)Oc1ccc2c(c1)[C@@]1(C)CCN(Cc3ccccc3)[C@H]1C2. The molecule has 2 aliphatic rings. The number of rotatable bonds is 9. The van der Waals surface area contributed by atoms with Crippen molar-refractivity contribution in [2.75, 3.05) is 13.1 Å². The summed E-state index contributed by atoms with van der Waals surface area (Å²) in [5.74, 6) is 0.658. The number of carbonyl (C=O) groups is 1. The maximum absolute atomic E-state index is 12.2. The Morgan fingerprint density at radius 3 is 2.74 bits per heavy atom. The quantitative estimate of drug-likeness (QED) is 0.519. The molecule has 1 aliphatic carbocycles. The minimum absolute atomic E-state index is 0.124. The van der Waals surface area contributed by atoms with Crippen LogP contribution >= 0.6 is 0 Å². The van der Waals surface area contributed by atoms with Gasteiger partial charge in [-0.15, -0.1) is 0 Å². The van der Waals surface area contributed by atoms with Crippen molar-refractivity contribution < 1.29 is 9.53 Å². The van der Waals surface area contributed by atoms with E-state index in [-0.39, 0.29) is 11.5 Å². The molecule has 0 saturated carbocycles. The third-order valence-corrected chi connectivity index (χ3v) is 7.19. The van der Waals surface area contributed by atoms with E-state index in [0.29, 0.717) is 18.3 Å². The average Bonchev–Trinajstić information content (AvgIpc) is 3.24. The highest BCUT2D eigenvalue weighted by molar-refractivity contribution is 5.70. The summed E-state index contributed by atoms with van der Waals surface area (Å²) < 4.78 is 5.62. The van der Waals surface area contributed by atoms with E-state index in [1.165, 1.54) is 36.0 Å². The standard InChI is InChI=1S/C27H36N2O2/c1-3-4-5-6-10-16-28-26(30)31-23-14-13-22-18-25-27(2,24(22)19-23)15-17-29(25)20-21-11-8-7-9-12-21/h7-9,11-14,19,25H,3-6,10,15-18,20H2,1-2H3,(H,28,30)/t25-,27+/m0/s1. The number of carbonyl (C=O) groups excluding carboxylic acids is 1. The molecule has 0 spiro atoms. The molecule has 4 nitrogen and oxygen atoms in total. The molecular formula is C27H36N2O2. The molecule has 0 radical (unpaired) electrons. The molecule has 0 unspecified atom stereocenters. The fraction of sp³-hybridized carbons (Fsp3) is 0.519. The summed E-state index contributed by atoms with van der Waals surface area (Å²) in [7, 11) is 0. The van der Waals surface area contributed by atoms with Crippen molar-refractivity contribution in [2.45, 2.75) is 76.8 Å². The van der Waals surface area contributed by atoms with E-state index in [2.05, 4.69) is 66.5 Å². The summed E-state index contributed by atoms with van der Waals surface area (Å²) in [5.41, 5.74) is 4.25. The lowest BCUT2D eigenvalue weighted by Gasteiger charge is -2.30. The molecule has 1 heterocycles. The summed E-state index contributed by atoms with van der Waals surface area (Å²) >= 11 is 0. The van der Waals surface area contributed by atoms with Crippen molar-refractivity contribution in [2.24, 2.45) is 0 Å². The molecule has 1 N–H and O–H groups in total. The first-order valence-corrected chi connectivity index (χ1v) is 12.0. The molecule has 2 atom stereocenters. The van der Waals surface area contributed by atoms with Gasteiger partial charge in [-0.3, -0.25) is 4.90 Å². The van der Waals surface area contributed by atoms with E-state index < -0.39 is 0 Å². The Labute approximate surface area is 187 Å². The zero-order valence-corrected chi connectivity index (χ0v) is 19.0. The van der Waals surface area contributed by atoms with Crippen LogP contribution in [-0.2, 0) is 18.4 Å². The second kappa shape index (κ2) is 9.86. The summed E-state index contributed by atoms with van der Waals surface area (Å²) in [6.07, 6.45) is 7.78. The number of benzene rings is 2. The topological polar surface area (TPSA) is 41.6 Å². The van der Waals surface area contributed by atoms with Crippen LogP contribution in [0.5, 0.6) is 5.75 Å². The van der Waals surface area contributed by atoms with Crippen molar-refractivity contribution in [1.82, 2.24) is 10.2 Å². The second-order valence-corrected chi connectivity index (χ2v) is 9.39. The number of hydrogen-bond donors (Lipinski definition) is 1. The molecule has 1 fully saturated rings. The number of fused-ring (bicyclic) bond motifs is 3. The van der Waals surface area contributed by atoms with E-state index in [0.717, 1.165) is 38.8 Å². The first kappa shape index (κ1) is 21.9. The van der Waals surface area contributed by atoms with Crippen LogP contribution in [0.25, 0.3) is 0 Å². The molecule has 0 bridgehead atoms. The van der Waals surface area contributed by atoms with Gasteiger partial charge in [-0.1, -0.05) is 75.9 Å². The average molecular weight is 421 g/mol. The Hall–Kier alpha value is -2.33. The molecule has 2 aromatic rings. The van der Waals surface area contributed by atoms with Gasteiger partial charge in [0, 0.05) is 24.5 Å².